The van der Waals surface area contributed by atoms with Gasteiger partial charge in [-0.15, -0.1) is 0 Å². The first-order chi connectivity index (χ1) is 14.5. The highest BCUT2D eigenvalue weighted by atomic mass is 16.5. The van der Waals surface area contributed by atoms with Crippen molar-refractivity contribution in [2.75, 3.05) is 18.6 Å². The van der Waals surface area contributed by atoms with E-state index >= 15 is 0 Å². The second kappa shape index (κ2) is 7.78. The molecule has 1 aliphatic rings. The Morgan fingerprint density at radius 2 is 2.00 bits per heavy atom. The molecule has 1 aliphatic heterocycles. The summed E-state index contributed by atoms with van der Waals surface area (Å²) in [5.41, 5.74) is 1.80. The molecule has 0 unspecified atom stereocenters. The van der Waals surface area contributed by atoms with Crippen LogP contribution in [0.1, 0.15) is 24.5 Å². The van der Waals surface area contributed by atoms with Gasteiger partial charge >= 0.3 is 5.69 Å². The van der Waals surface area contributed by atoms with Crippen molar-refractivity contribution in [2.45, 2.75) is 32.7 Å². The normalized spacial score (nSPS) is 13.4. The van der Waals surface area contributed by atoms with E-state index in [1.807, 2.05) is 31.2 Å². The van der Waals surface area contributed by atoms with E-state index in [-0.39, 0.29) is 23.5 Å². The minimum atomic E-state index is -0.579. The molecule has 8 nitrogen and oxygen atoms in total. The molecule has 4 rings (SSSR count). The topological polar surface area (TPSA) is 86.4 Å². The van der Waals surface area contributed by atoms with Crippen molar-refractivity contribution in [3.8, 4) is 5.75 Å². The predicted molar refractivity (Wildman–Crippen MR) is 114 cm³/mol. The SMILES string of the molecule is CCc1cnc2c(c1OC)c(=O)n(CC(=O)N1CCCc3ccccc31)c(=O)n2C. The minimum Gasteiger partial charge on any atom is -0.495 e. The van der Waals surface area contributed by atoms with Crippen LogP contribution in [-0.4, -0.2) is 33.7 Å². The number of carbonyl (C=O) groups excluding carboxylic acids is 1. The Bertz CT molecular complexity index is 1260. The van der Waals surface area contributed by atoms with Gasteiger partial charge in [0.2, 0.25) is 5.91 Å². The Morgan fingerprint density at radius 3 is 2.73 bits per heavy atom. The van der Waals surface area contributed by atoms with Crippen molar-refractivity contribution in [3.05, 3.63) is 62.4 Å². The number of para-hydroxylation sites is 1. The van der Waals surface area contributed by atoms with Gasteiger partial charge < -0.3 is 9.64 Å². The summed E-state index contributed by atoms with van der Waals surface area (Å²) in [5, 5.41) is 0.214. The number of hydrogen-bond acceptors (Lipinski definition) is 5. The lowest BCUT2D eigenvalue weighted by atomic mass is 10.0. The van der Waals surface area contributed by atoms with Gasteiger partial charge in [0.25, 0.3) is 5.56 Å². The van der Waals surface area contributed by atoms with Crippen molar-refractivity contribution in [1.82, 2.24) is 14.1 Å². The molecule has 30 heavy (non-hydrogen) atoms. The van der Waals surface area contributed by atoms with Crippen LogP contribution < -0.4 is 20.9 Å². The van der Waals surface area contributed by atoms with E-state index in [0.717, 1.165) is 34.2 Å². The van der Waals surface area contributed by atoms with Crippen LogP contribution in [0.4, 0.5) is 5.69 Å². The highest BCUT2D eigenvalue weighted by Crippen LogP contribution is 2.27. The number of nitrogens with zero attached hydrogens (tertiary/aromatic N) is 4. The maximum Gasteiger partial charge on any atom is 0.332 e. The maximum atomic E-state index is 13.3. The van der Waals surface area contributed by atoms with Crippen LogP contribution in [0.25, 0.3) is 11.0 Å². The van der Waals surface area contributed by atoms with E-state index in [1.165, 1.54) is 11.7 Å². The summed E-state index contributed by atoms with van der Waals surface area (Å²) in [6.45, 7) is 2.15. The van der Waals surface area contributed by atoms with Crippen molar-refractivity contribution < 1.29 is 9.53 Å². The number of anilines is 1. The molecule has 3 heterocycles. The largest absolute Gasteiger partial charge is 0.495 e. The van der Waals surface area contributed by atoms with E-state index in [9.17, 15) is 14.4 Å². The van der Waals surface area contributed by atoms with E-state index < -0.39 is 11.2 Å². The Morgan fingerprint density at radius 1 is 1.23 bits per heavy atom. The molecule has 0 saturated carbocycles. The number of aromatic nitrogens is 3. The summed E-state index contributed by atoms with van der Waals surface area (Å²) in [6, 6.07) is 7.72. The van der Waals surface area contributed by atoms with Crippen LogP contribution in [0.2, 0.25) is 0 Å². The van der Waals surface area contributed by atoms with Gasteiger partial charge in [0, 0.05) is 31.0 Å². The van der Waals surface area contributed by atoms with Crippen LogP contribution in [0.5, 0.6) is 5.75 Å². The molecule has 2 aromatic heterocycles. The number of hydrogen-bond donors (Lipinski definition) is 0. The highest BCUT2D eigenvalue weighted by molar-refractivity contribution is 5.94. The first-order valence-electron chi connectivity index (χ1n) is 10.0. The fourth-order valence-corrected chi connectivity index (χ4v) is 4.10. The molecule has 0 saturated heterocycles. The van der Waals surface area contributed by atoms with Gasteiger partial charge in [0.05, 0.1) is 7.11 Å². The smallest absolute Gasteiger partial charge is 0.332 e. The van der Waals surface area contributed by atoms with Crippen LogP contribution in [0.15, 0.2) is 40.1 Å². The number of benzene rings is 1. The molecular formula is C22H24N4O4. The van der Waals surface area contributed by atoms with Gasteiger partial charge in [-0.2, -0.15) is 0 Å². The van der Waals surface area contributed by atoms with Gasteiger partial charge in [0.15, 0.2) is 5.65 Å². The summed E-state index contributed by atoms with van der Waals surface area (Å²) in [4.78, 5) is 45.3. The number of aryl methyl sites for hydroxylation is 3. The quantitative estimate of drug-likeness (QED) is 0.655. The zero-order chi connectivity index (χ0) is 21.4. The van der Waals surface area contributed by atoms with Crippen LogP contribution in [0, 0.1) is 0 Å². The first-order valence-corrected chi connectivity index (χ1v) is 10.0. The molecule has 0 fully saturated rings. The highest BCUT2D eigenvalue weighted by Gasteiger charge is 2.25. The molecule has 1 aromatic carbocycles. The van der Waals surface area contributed by atoms with Gasteiger partial charge in [-0.25, -0.2) is 14.3 Å². The molecule has 0 spiro atoms. The number of rotatable bonds is 4. The minimum absolute atomic E-state index is 0.214. The molecular weight excluding hydrogens is 384 g/mol. The van der Waals surface area contributed by atoms with E-state index in [4.69, 9.17) is 4.74 Å². The fourth-order valence-electron chi connectivity index (χ4n) is 4.10. The summed E-state index contributed by atoms with van der Waals surface area (Å²) in [7, 11) is 3.03. The second-order valence-corrected chi connectivity index (χ2v) is 7.38. The Hall–Kier alpha value is -3.42. The molecule has 0 N–H and O–H groups in total. The number of carbonyl (C=O) groups is 1. The second-order valence-electron chi connectivity index (χ2n) is 7.38. The summed E-state index contributed by atoms with van der Waals surface area (Å²) < 4.78 is 7.75. The molecule has 0 bridgehead atoms. The summed E-state index contributed by atoms with van der Waals surface area (Å²) in [5.74, 6) is 0.104. The number of ether oxygens (including phenoxy) is 1. The molecule has 8 heteroatoms. The summed E-state index contributed by atoms with van der Waals surface area (Å²) >= 11 is 0. The van der Waals surface area contributed by atoms with E-state index in [2.05, 4.69) is 4.98 Å². The van der Waals surface area contributed by atoms with Crippen molar-refractivity contribution >= 4 is 22.6 Å². The third-order valence-electron chi connectivity index (χ3n) is 5.67. The molecule has 0 radical (unpaired) electrons. The molecule has 0 aliphatic carbocycles. The van der Waals surface area contributed by atoms with Crippen molar-refractivity contribution in [2.24, 2.45) is 7.05 Å². The maximum absolute atomic E-state index is 13.3. The molecule has 1 amide bonds. The van der Waals surface area contributed by atoms with Crippen molar-refractivity contribution in [3.63, 3.8) is 0 Å². The third kappa shape index (κ3) is 3.08. The predicted octanol–water partition coefficient (Wildman–Crippen LogP) is 1.65. The van der Waals surface area contributed by atoms with E-state index in [0.29, 0.717) is 18.7 Å². The van der Waals surface area contributed by atoms with Gasteiger partial charge in [-0.1, -0.05) is 25.1 Å². The Balaban J connectivity index is 1.83. The number of fused-ring (bicyclic) bond motifs is 2. The number of amides is 1. The average molecular weight is 408 g/mol. The number of methoxy groups -OCH3 is 1. The van der Waals surface area contributed by atoms with Crippen LogP contribution in [0.3, 0.4) is 0 Å². The zero-order valence-corrected chi connectivity index (χ0v) is 17.3. The molecule has 156 valence electrons. The lowest BCUT2D eigenvalue weighted by Gasteiger charge is -2.29. The molecule has 0 atom stereocenters. The lowest BCUT2D eigenvalue weighted by molar-refractivity contribution is -0.119. The zero-order valence-electron chi connectivity index (χ0n) is 17.3. The monoisotopic (exact) mass is 408 g/mol. The van der Waals surface area contributed by atoms with Crippen LogP contribution >= 0.6 is 0 Å². The van der Waals surface area contributed by atoms with Gasteiger partial charge in [0.1, 0.15) is 17.7 Å². The Labute approximate surface area is 173 Å². The third-order valence-corrected chi connectivity index (χ3v) is 5.67. The van der Waals surface area contributed by atoms with Gasteiger partial charge in [-0.05, 0) is 30.9 Å². The lowest BCUT2D eigenvalue weighted by Crippen LogP contribution is -2.45. The van der Waals surface area contributed by atoms with E-state index in [1.54, 1.807) is 18.1 Å². The summed E-state index contributed by atoms with van der Waals surface area (Å²) in [6.07, 6.45) is 3.98. The average Bonchev–Trinajstić information content (AvgIpc) is 2.78. The Kier molecular flexibility index (Phi) is 5.15. The molecule has 3 aromatic rings. The van der Waals surface area contributed by atoms with Crippen LogP contribution in [-0.2, 0) is 31.2 Å². The van der Waals surface area contributed by atoms with Gasteiger partial charge in [-0.3, -0.25) is 14.2 Å². The fraction of sp³-hybridized carbons (Fsp3) is 0.364. The number of pyridine rings is 1. The van der Waals surface area contributed by atoms with Crippen molar-refractivity contribution in [1.29, 1.82) is 0 Å². The standard InChI is InChI=1S/C22H24N4O4/c1-4-14-12-23-20-18(19(14)30-3)21(28)26(22(29)24(20)2)13-17(27)25-11-7-9-15-8-5-6-10-16(15)25/h5-6,8,10,12H,4,7,9,11,13H2,1-3H3. The first kappa shape index (κ1) is 19.9.